The van der Waals surface area contributed by atoms with E-state index in [4.69, 9.17) is 4.42 Å². The van der Waals surface area contributed by atoms with Gasteiger partial charge in [0.2, 0.25) is 0 Å². The van der Waals surface area contributed by atoms with E-state index >= 15 is 0 Å². The molecule has 2 nitrogen and oxygen atoms in total. The number of furan rings is 1. The lowest BCUT2D eigenvalue weighted by molar-refractivity contribution is -0.126. The molecule has 0 aliphatic heterocycles. The van der Waals surface area contributed by atoms with E-state index in [0.717, 1.165) is 9.86 Å². The summed E-state index contributed by atoms with van der Waals surface area (Å²) < 4.78 is 56.1. The number of fused-ring (bicyclic) bond motifs is 1. The molecule has 1 unspecified atom stereocenters. The fraction of sp³-hybridized carbons (Fsp3) is 0.385. The first-order chi connectivity index (χ1) is 9.29. The minimum absolute atomic E-state index is 0.420. The Balaban J connectivity index is 2.09. The maximum Gasteiger partial charge on any atom is 0.319 e. The first-order valence-electron chi connectivity index (χ1n) is 5.88. The maximum absolute atomic E-state index is 12.8. The van der Waals surface area contributed by atoms with E-state index in [1.165, 1.54) is 0 Å². The maximum atomic E-state index is 12.8. The van der Waals surface area contributed by atoms with Crippen LogP contribution in [0.4, 0.5) is 17.6 Å². The Bertz CT molecular complexity index is 599. The van der Waals surface area contributed by atoms with Crippen LogP contribution < -0.4 is 5.32 Å². The van der Waals surface area contributed by atoms with Gasteiger partial charge in [-0.2, -0.15) is 8.78 Å². The quantitative estimate of drug-likeness (QED) is 0.785. The first kappa shape index (κ1) is 15.3. The molecule has 0 amide bonds. The van der Waals surface area contributed by atoms with Crippen LogP contribution in [0.5, 0.6) is 0 Å². The zero-order valence-corrected chi connectivity index (χ0v) is 12.1. The summed E-state index contributed by atoms with van der Waals surface area (Å²) >= 11 is 3.31. The third kappa shape index (κ3) is 3.32. The highest BCUT2D eigenvalue weighted by atomic mass is 79.9. The molecule has 20 heavy (non-hydrogen) atoms. The zero-order valence-electron chi connectivity index (χ0n) is 10.5. The summed E-state index contributed by atoms with van der Waals surface area (Å²) in [6.07, 6.45) is -3.69. The summed E-state index contributed by atoms with van der Waals surface area (Å²) in [6.45, 7) is 0.473. The van der Waals surface area contributed by atoms with E-state index in [-0.39, 0.29) is 0 Å². The standard InChI is InChI=1S/C13H12BrF4NO/c1-7(19-6-13(17,18)12(15)16)11-5-8-4-9(14)2-3-10(8)20-11/h2-5,7,12,19H,6H2,1H3. The first-order valence-corrected chi connectivity index (χ1v) is 6.67. The number of benzene rings is 1. The molecule has 0 bridgehead atoms. The second-order valence-electron chi connectivity index (χ2n) is 4.50. The molecule has 0 saturated carbocycles. The molecule has 0 spiro atoms. The van der Waals surface area contributed by atoms with Crippen molar-refractivity contribution in [2.75, 3.05) is 6.54 Å². The molecule has 0 fully saturated rings. The van der Waals surface area contributed by atoms with Gasteiger partial charge in [-0.3, -0.25) is 0 Å². The molecule has 0 radical (unpaired) electrons. The highest BCUT2D eigenvalue weighted by Gasteiger charge is 2.40. The smallest absolute Gasteiger partial charge is 0.319 e. The van der Waals surface area contributed by atoms with Crippen LogP contribution in [-0.4, -0.2) is 18.9 Å². The number of halogens is 5. The molecular weight excluding hydrogens is 342 g/mol. The third-order valence-corrected chi connectivity index (χ3v) is 3.38. The lowest BCUT2D eigenvalue weighted by Gasteiger charge is -2.18. The highest BCUT2D eigenvalue weighted by Crippen LogP contribution is 2.28. The molecule has 1 N–H and O–H groups in total. The Morgan fingerprint density at radius 2 is 2.00 bits per heavy atom. The van der Waals surface area contributed by atoms with Gasteiger partial charge in [0.15, 0.2) is 0 Å². The third-order valence-electron chi connectivity index (χ3n) is 2.89. The lowest BCUT2D eigenvalue weighted by Crippen LogP contribution is -2.39. The van der Waals surface area contributed by atoms with E-state index < -0.39 is 24.9 Å². The number of nitrogens with one attached hydrogen (secondary N) is 1. The molecule has 2 aromatic rings. The number of alkyl halides is 4. The van der Waals surface area contributed by atoms with Crippen LogP contribution in [0.2, 0.25) is 0 Å². The molecule has 110 valence electrons. The van der Waals surface area contributed by atoms with Gasteiger partial charge in [-0.25, -0.2) is 8.78 Å². The molecule has 1 aromatic carbocycles. The summed E-state index contributed by atoms with van der Waals surface area (Å²) in [6, 6.07) is 6.45. The van der Waals surface area contributed by atoms with Gasteiger partial charge in [-0.15, -0.1) is 0 Å². The van der Waals surface area contributed by atoms with Crippen molar-refractivity contribution in [2.24, 2.45) is 0 Å². The van der Waals surface area contributed by atoms with Crippen LogP contribution in [0.25, 0.3) is 11.0 Å². The van der Waals surface area contributed by atoms with Crippen LogP contribution >= 0.6 is 15.9 Å². The van der Waals surface area contributed by atoms with Crippen LogP contribution in [0.1, 0.15) is 18.7 Å². The molecule has 0 aliphatic carbocycles. The van der Waals surface area contributed by atoms with Crippen molar-refractivity contribution in [1.82, 2.24) is 5.32 Å². The highest BCUT2D eigenvalue weighted by molar-refractivity contribution is 9.10. The van der Waals surface area contributed by atoms with Crippen molar-refractivity contribution in [3.8, 4) is 0 Å². The van der Waals surface area contributed by atoms with Gasteiger partial charge >= 0.3 is 12.3 Å². The Hall–Kier alpha value is -1.08. The molecule has 2 rings (SSSR count). The van der Waals surface area contributed by atoms with Gasteiger partial charge in [0.05, 0.1) is 12.6 Å². The SMILES string of the molecule is CC(NCC(F)(F)C(F)F)c1cc2cc(Br)ccc2o1. The molecule has 1 heterocycles. The van der Waals surface area contributed by atoms with Crippen molar-refractivity contribution in [3.05, 3.63) is 34.5 Å². The minimum Gasteiger partial charge on any atom is -0.459 e. The van der Waals surface area contributed by atoms with Gasteiger partial charge in [0.25, 0.3) is 0 Å². The number of rotatable bonds is 5. The van der Waals surface area contributed by atoms with Gasteiger partial charge in [0.1, 0.15) is 11.3 Å². The van der Waals surface area contributed by atoms with Gasteiger partial charge in [-0.1, -0.05) is 15.9 Å². The predicted octanol–water partition coefficient (Wildman–Crippen LogP) is 4.75. The predicted molar refractivity (Wildman–Crippen MR) is 71.3 cm³/mol. The van der Waals surface area contributed by atoms with Crippen molar-refractivity contribution in [3.63, 3.8) is 0 Å². The van der Waals surface area contributed by atoms with Crippen molar-refractivity contribution in [1.29, 1.82) is 0 Å². The normalized spacial score (nSPS) is 14.2. The van der Waals surface area contributed by atoms with Crippen LogP contribution in [0.15, 0.2) is 33.2 Å². The fourth-order valence-electron chi connectivity index (χ4n) is 1.72. The second-order valence-corrected chi connectivity index (χ2v) is 5.41. The van der Waals surface area contributed by atoms with Crippen LogP contribution in [0, 0.1) is 0 Å². The van der Waals surface area contributed by atoms with Gasteiger partial charge in [0, 0.05) is 9.86 Å². The zero-order chi connectivity index (χ0) is 14.9. The Kier molecular flexibility index (Phi) is 4.39. The van der Waals surface area contributed by atoms with E-state index in [2.05, 4.69) is 21.2 Å². The average Bonchev–Trinajstić information content (AvgIpc) is 2.78. The Morgan fingerprint density at radius 3 is 2.65 bits per heavy atom. The molecule has 0 aliphatic rings. The average molecular weight is 354 g/mol. The fourth-order valence-corrected chi connectivity index (χ4v) is 2.09. The summed E-state index contributed by atoms with van der Waals surface area (Å²) in [7, 11) is 0. The largest absolute Gasteiger partial charge is 0.459 e. The van der Waals surface area contributed by atoms with Crippen molar-refractivity contribution in [2.45, 2.75) is 25.3 Å². The molecule has 0 saturated heterocycles. The lowest BCUT2D eigenvalue weighted by atomic mass is 10.2. The monoisotopic (exact) mass is 353 g/mol. The molecule has 1 atom stereocenters. The topological polar surface area (TPSA) is 25.2 Å². The molecule has 7 heteroatoms. The molecule has 1 aromatic heterocycles. The minimum atomic E-state index is -4.05. The summed E-state index contributed by atoms with van der Waals surface area (Å²) in [5, 5.41) is 3.17. The number of hydrogen-bond donors (Lipinski definition) is 1. The second kappa shape index (κ2) is 5.73. The van der Waals surface area contributed by atoms with Crippen LogP contribution in [-0.2, 0) is 0 Å². The van der Waals surface area contributed by atoms with E-state index in [1.807, 2.05) is 6.07 Å². The summed E-state index contributed by atoms with van der Waals surface area (Å²) in [5.74, 6) is -3.63. The Labute approximate surface area is 121 Å². The van der Waals surface area contributed by atoms with Gasteiger partial charge in [-0.05, 0) is 31.2 Å². The Morgan fingerprint density at radius 1 is 1.30 bits per heavy atom. The van der Waals surface area contributed by atoms with Crippen LogP contribution in [0.3, 0.4) is 0 Å². The number of hydrogen-bond acceptors (Lipinski definition) is 2. The summed E-state index contributed by atoms with van der Waals surface area (Å²) in [5.41, 5.74) is 0.609. The van der Waals surface area contributed by atoms with Gasteiger partial charge < -0.3 is 9.73 Å². The molecular formula is C13H12BrF4NO. The van der Waals surface area contributed by atoms with Crippen molar-refractivity contribution >= 4 is 26.9 Å². The van der Waals surface area contributed by atoms with E-state index in [1.54, 1.807) is 25.1 Å². The van der Waals surface area contributed by atoms with E-state index in [0.29, 0.717) is 11.3 Å². The summed E-state index contributed by atoms with van der Waals surface area (Å²) in [4.78, 5) is 0. The van der Waals surface area contributed by atoms with E-state index in [9.17, 15) is 17.6 Å². The van der Waals surface area contributed by atoms with Crippen molar-refractivity contribution < 1.29 is 22.0 Å².